The first kappa shape index (κ1) is 24.7. The van der Waals surface area contributed by atoms with Crippen molar-refractivity contribution in [3.63, 3.8) is 0 Å². The van der Waals surface area contributed by atoms with Crippen LogP contribution in [0.1, 0.15) is 28.5 Å². The maximum Gasteiger partial charge on any atom is 0.299 e. The number of amidine groups is 1. The van der Waals surface area contributed by atoms with Crippen molar-refractivity contribution in [1.82, 2.24) is 9.97 Å². The van der Waals surface area contributed by atoms with E-state index in [9.17, 15) is 18.0 Å². The van der Waals surface area contributed by atoms with Gasteiger partial charge in [0.1, 0.15) is 30.6 Å². The van der Waals surface area contributed by atoms with E-state index in [1.807, 2.05) is 0 Å². The smallest absolute Gasteiger partial charge is 0.299 e. The predicted octanol–water partition coefficient (Wildman–Crippen LogP) is 1.99. The largest absolute Gasteiger partial charge is 0.483 e. The number of hydrogen-bond donors (Lipinski definition) is 2. The number of methoxy groups -OCH3 is 1. The Hall–Kier alpha value is -3.54. The molecule has 0 bridgehead atoms. The van der Waals surface area contributed by atoms with Crippen LogP contribution in [0.5, 0.6) is 5.88 Å². The third kappa shape index (κ3) is 5.38. The van der Waals surface area contributed by atoms with Gasteiger partial charge >= 0.3 is 0 Å². The Balaban J connectivity index is 0.00000114. The van der Waals surface area contributed by atoms with Crippen LogP contribution in [0.25, 0.3) is 0 Å². The minimum Gasteiger partial charge on any atom is -0.483 e. The molecule has 3 N–H and O–H groups in total. The third-order valence-electron chi connectivity index (χ3n) is 4.66. The summed E-state index contributed by atoms with van der Waals surface area (Å²) in [5.41, 5.74) is 3.36. The number of benzene rings is 1. The van der Waals surface area contributed by atoms with Crippen molar-refractivity contribution in [2.24, 2.45) is 10.7 Å². The van der Waals surface area contributed by atoms with E-state index in [2.05, 4.69) is 15.0 Å². The molecule has 0 fully saturated rings. The second-order valence-corrected chi connectivity index (χ2v) is 6.84. The minimum atomic E-state index is -3.51. The molecule has 0 unspecified atom stereocenters. The number of ketones is 1. The summed E-state index contributed by atoms with van der Waals surface area (Å²) in [4.78, 5) is 32.5. The van der Waals surface area contributed by atoms with E-state index >= 15 is 0 Å². The summed E-state index contributed by atoms with van der Waals surface area (Å²) < 4.78 is 53.7. The molecule has 12 heteroatoms. The molecule has 32 heavy (non-hydrogen) atoms. The van der Waals surface area contributed by atoms with Crippen LogP contribution in [-0.2, 0) is 21.5 Å². The Kier molecular flexibility index (Phi) is 7.87. The molecule has 0 spiro atoms. The fourth-order valence-electron chi connectivity index (χ4n) is 2.98. The zero-order chi connectivity index (χ0) is 23.9. The van der Waals surface area contributed by atoms with Crippen LogP contribution >= 0.6 is 0 Å². The summed E-state index contributed by atoms with van der Waals surface area (Å²) >= 11 is 0. The molecule has 1 aliphatic heterocycles. The van der Waals surface area contributed by atoms with Crippen LogP contribution in [0.15, 0.2) is 35.6 Å². The number of nitrogens with two attached hydrogens (primary N) is 1. The van der Waals surface area contributed by atoms with Crippen LogP contribution in [0, 0.1) is 5.82 Å². The molecule has 9 nitrogen and oxygen atoms in total. The molecule has 1 aromatic carbocycles. The predicted molar refractivity (Wildman–Crippen MR) is 106 cm³/mol. The number of Topliss-reactive ketones (excluding diaryl/α,β-unsaturated/α-hetero) is 1. The molecular formula is C20H21F3N4O5. The van der Waals surface area contributed by atoms with Crippen molar-refractivity contribution in [1.29, 1.82) is 0 Å². The lowest BCUT2D eigenvalue weighted by Gasteiger charge is -2.33. The Labute approximate surface area is 181 Å². The zero-order valence-electron chi connectivity index (χ0n) is 17.2. The normalized spacial score (nSPS) is 19.6. The molecule has 1 aliphatic rings. The lowest BCUT2D eigenvalue weighted by atomic mass is 9.84. The number of hydrogen-bond acceptors (Lipinski definition) is 8. The number of ether oxygens (including phenoxy) is 2. The Morgan fingerprint density at radius 3 is 2.62 bits per heavy atom. The van der Waals surface area contributed by atoms with Crippen LogP contribution < -0.4 is 10.5 Å². The maximum atomic E-state index is 14.7. The van der Waals surface area contributed by atoms with Crippen LogP contribution in [0.2, 0.25) is 0 Å². The molecule has 0 aliphatic carbocycles. The average Bonchev–Trinajstić information content (AvgIpc) is 2.85. The molecule has 0 radical (unpaired) electrons. The molecule has 1 atom stereocenters. The highest BCUT2D eigenvalue weighted by molar-refractivity contribution is 5.95. The van der Waals surface area contributed by atoms with E-state index in [1.165, 1.54) is 31.6 Å². The lowest BCUT2D eigenvalue weighted by Crippen LogP contribution is -2.45. The van der Waals surface area contributed by atoms with Gasteiger partial charge in [0.15, 0.2) is 11.3 Å². The molecule has 172 valence electrons. The molecule has 3 rings (SSSR count). The molecule has 1 aromatic heterocycles. The first-order valence-corrected chi connectivity index (χ1v) is 9.13. The van der Waals surface area contributed by atoms with E-state index in [4.69, 9.17) is 25.1 Å². The van der Waals surface area contributed by atoms with Crippen molar-refractivity contribution < 1.29 is 37.3 Å². The molecule has 0 saturated heterocycles. The SMILES string of the molecule is COc1cnc(C(=O)Cc2ccc(F)c([C@@]3(C)N=C(N)COCC3(F)F)c2)cn1.O=CO. The summed E-state index contributed by atoms with van der Waals surface area (Å²) in [6.07, 6.45) is 2.34. The quantitative estimate of drug-likeness (QED) is 0.517. The fraction of sp³-hybridized carbons (Fsp3) is 0.350. The number of nitrogens with zero attached hydrogens (tertiary/aromatic N) is 3. The Morgan fingerprint density at radius 2 is 2.03 bits per heavy atom. The fourth-order valence-corrected chi connectivity index (χ4v) is 2.98. The number of aliphatic imine (C=N–C) groups is 1. The zero-order valence-corrected chi connectivity index (χ0v) is 17.2. The molecule has 0 amide bonds. The van der Waals surface area contributed by atoms with Crippen LogP contribution in [-0.4, -0.2) is 59.4 Å². The Bertz CT molecular complexity index is 1000. The summed E-state index contributed by atoms with van der Waals surface area (Å²) in [5, 5.41) is 6.89. The number of halogens is 3. The van der Waals surface area contributed by atoms with Gasteiger partial charge in [-0.1, -0.05) is 6.07 Å². The highest BCUT2D eigenvalue weighted by Gasteiger charge is 2.54. The molecule has 2 aromatic rings. The molecular weight excluding hydrogens is 433 g/mol. The van der Waals surface area contributed by atoms with E-state index in [0.29, 0.717) is 5.56 Å². The van der Waals surface area contributed by atoms with Crippen molar-refractivity contribution in [2.45, 2.75) is 24.8 Å². The van der Waals surface area contributed by atoms with Gasteiger partial charge in [0.25, 0.3) is 12.4 Å². The number of aromatic nitrogens is 2. The summed E-state index contributed by atoms with van der Waals surface area (Å²) in [7, 11) is 1.41. The van der Waals surface area contributed by atoms with E-state index in [1.54, 1.807) is 0 Å². The van der Waals surface area contributed by atoms with Gasteiger partial charge in [-0.15, -0.1) is 0 Å². The van der Waals surface area contributed by atoms with Gasteiger partial charge in [-0.3, -0.25) is 14.6 Å². The van der Waals surface area contributed by atoms with Gasteiger partial charge < -0.3 is 20.3 Å². The third-order valence-corrected chi connectivity index (χ3v) is 4.66. The summed E-state index contributed by atoms with van der Waals surface area (Å²) in [5.74, 6) is -4.74. The second kappa shape index (κ2) is 10.2. The maximum absolute atomic E-state index is 14.7. The second-order valence-electron chi connectivity index (χ2n) is 6.84. The number of rotatable bonds is 5. The topological polar surface area (TPSA) is 137 Å². The van der Waals surface area contributed by atoms with Gasteiger partial charge in [0.05, 0.1) is 19.5 Å². The van der Waals surface area contributed by atoms with E-state index in [0.717, 1.165) is 13.0 Å². The number of alkyl halides is 2. The van der Waals surface area contributed by atoms with Gasteiger partial charge in [-0.25, -0.2) is 23.1 Å². The van der Waals surface area contributed by atoms with Crippen molar-refractivity contribution in [3.8, 4) is 5.88 Å². The summed E-state index contributed by atoms with van der Waals surface area (Å²) in [6.45, 7) is -0.396. The number of carbonyl (C=O) groups excluding carboxylic acids is 1. The average molecular weight is 454 g/mol. The van der Waals surface area contributed by atoms with Gasteiger partial charge in [0.2, 0.25) is 5.88 Å². The standard InChI is InChI=1S/C19H19F3N4O3.CH2O2/c1-18(19(21,22)10-29-9-16(23)26-18)12-5-11(3-4-13(12)20)6-15(27)14-7-25-17(28-2)8-24-14;2-1-3/h3-5,7-8H,6,9-10H2,1-2H3,(H2,23,26);1H,(H,2,3)/t18-;/m1./s1. The number of carbonyl (C=O) groups is 2. The van der Waals surface area contributed by atoms with Crippen LogP contribution in [0.4, 0.5) is 13.2 Å². The Morgan fingerprint density at radius 1 is 1.34 bits per heavy atom. The highest BCUT2D eigenvalue weighted by Crippen LogP contribution is 2.43. The highest BCUT2D eigenvalue weighted by atomic mass is 19.3. The molecule has 0 saturated carbocycles. The minimum absolute atomic E-state index is 0.0679. The van der Waals surface area contributed by atoms with Crippen molar-refractivity contribution in [2.75, 3.05) is 20.3 Å². The van der Waals surface area contributed by atoms with Crippen molar-refractivity contribution in [3.05, 3.63) is 53.2 Å². The van der Waals surface area contributed by atoms with Crippen molar-refractivity contribution >= 4 is 18.1 Å². The van der Waals surface area contributed by atoms with E-state index in [-0.39, 0.29) is 42.5 Å². The first-order chi connectivity index (χ1) is 15.1. The van der Waals surface area contributed by atoms with Gasteiger partial charge in [0, 0.05) is 12.0 Å². The number of carboxylic acid groups (broad SMARTS) is 1. The van der Waals surface area contributed by atoms with Gasteiger partial charge in [-0.2, -0.15) is 0 Å². The first-order valence-electron chi connectivity index (χ1n) is 9.13. The van der Waals surface area contributed by atoms with E-state index < -0.39 is 29.7 Å². The summed E-state index contributed by atoms with van der Waals surface area (Å²) in [6, 6.07) is 3.56. The molecule has 2 heterocycles. The lowest BCUT2D eigenvalue weighted by molar-refractivity contribution is -0.122. The van der Waals surface area contributed by atoms with Crippen LogP contribution in [0.3, 0.4) is 0 Å². The van der Waals surface area contributed by atoms with Gasteiger partial charge in [-0.05, 0) is 24.6 Å². The monoisotopic (exact) mass is 454 g/mol.